The number of para-hydroxylation sites is 1. The third-order valence-electron chi connectivity index (χ3n) is 4.63. The summed E-state index contributed by atoms with van der Waals surface area (Å²) in [4.78, 5) is 24.5. The molecule has 1 amide bonds. The van der Waals surface area contributed by atoms with Gasteiger partial charge in [-0.2, -0.15) is 5.10 Å². The van der Waals surface area contributed by atoms with Crippen molar-refractivity contribution >= 4 is 27.6 Å². The minimum Gasteiger partial charge on any atom is -0.354 e. The minimum atomic E-state index is -0.248. The highest BCUT2D eigenvalue weighted by Crippen LogP contribution is 2.15. The average Bonchev–Trinajstić information content (AvgIpc) is 3.11. The number of benzene rings is 2. The van der Waals surface area contributed by atoms with Crippen molar-refractivity contribution in [3.8, 4) is 0 Å². The Labute approximate surface area is 156 Å². The van der Waals surface area contributed by atoms with Gasteiger partial charge in [0.05, 0.1) is 11.6 Å². The molecule has 0 fully saturated rings. The van der Waals surface area contributed by atoms with Gasteiger partial charge in [-0.25, -0.2) is 4.68 Å². The van der Waals surface area contributed by atoms with E-state index < -0.39 is 0 Å². The Morgan fingerprint density at radius 2 is 1.78 bits per heavy atom. The van der Waals surface area contributed by atoms with Gasteiger partial charge in [0, 0.05) is 30.2 Å². The number of aromatic nitrogens is 3. The van der Waals surface area contributed by atoms with Gasteiger partial charge in [-0.1, -0.05) is 36.4 Å². The lowest BCUT2D eigenvalue weighted by molar-refractivity contribution is -0.121. The number of nitrogens with zero attached hydrogens (tertiary/aromatic N) is 3. The number of rotatable bonds is 6. The zero-order valence-corrected chi connectivity index (χ0v) is 14.8. The molecule has 0 bridgehead atoms. The second-order valence-corrected chi connectivity index (χ2v) is 6.47. The molecule has 27 heavy (non-hydrogen) atoms. The molecule has 0 unspecified atom stereocenters. The summed E-state index contributed by atoms with van der Waals surface area (Å²) in [5.41, 5.74) is 0.942. The number of carbonyl (C=O) groups excluding carboxylic acids is 1. The van der Waals surface area contributed by atoms with E-state index in [1.807, 2.05) is 24.3 Å². The summed E-state index contributed by atoms with van der Waals surface area (Å²) in [5.74, 6) is -0.211. The predicted octanol–water partition coefficient (Wildman–Crippen LogP) is 2.56. The molecule has 0 saturated carbocycles. The Morgan fingerprint density at radius 3 is 2.67 bits per heavy atom. The second kappa shape index (κ2) is 7.45. The molecule has 2 heterocycles. The van der Waals surface area contributed by atoms with Crippen LogP contribution in [-0.2, 0) is 17.9 Å². The van der Waals surface area contributed by atoms with Gasteiger partial charge in [0.15, 0.2) is 0 Å². The maximum Gasteiger partial charge on any atom is 0.275 e. The molecule has 0 spiro atoms. The molecule has 0 aliphatic rings. The van der Waals surface area contributed by atoms with E-state index in [4.69, 9.17) is 0 Å². The SMILES string of the molecule is O=C(Cn1ncc2ccccc2c1=O)NCCCn1ccc2ccccc21. The largest absolute Gasteiger partial charge is 0.354 e. The van der Waals surface area contributed by atoms with Crippen molar-refractivity contribution in [3.05, 3.63) is 77.3 Å². The van der Waals surface area contributed by atoms with E-state index in [-0.39, 0.29) is 18.0 Å². The lowest BCUT2D eigenvalue weighted by atomic mass is 10.2. The third-order valence-corrected chi connectivity index (χ3v) is 4.63. The highest BCUT2D eigenvalue weighted by molar-refractivity contribution is 5.81. The van der Waals surface area contributed by atoms with Gasteiger partial charge in [-0.3, -0.25) is 9.59 Å². The minimum absolute atomic E-state index is 0.0733. The lowest BCUT2D eigenvalue weighted by Gasteiger charge is -2.08. The number of carbonyl (C=O) groups is 1. The van der Waals surface area contributed by atoms with Crippen LogP contribution in [0.3, 0.4) is 0 Å². The monoisotopic (exact) mass is 360 g/mol. The number of nitrogens with one attached hydrogen (secondary N) is 1. The van der Waals surface area contributed by atoms with E-state index in [1.165, 1.54) is 15.6 Å². The lowest BCUT2D eigenvalue weighted by Crippen LogP contribution is -2.34. The molecule has 0 saturated heterocycles. The molecule has 4 rings (SSSR count). The van der Waals surface area contributed by atoms with Gasteiger partial charge in [-0.05, 0) is 30.0 Å². The summed E-state index contributed by atoms with van der Waals surface area (Å²) in [5, 5.41) is 9.51. The van der Waals surface area contributed by atoms with Gasteiger partial charge in [-0.15, -0.1) is 0 Å². The molecule has 0 radical (unpaired) electrons. The quantitative estimate of drug-likeness (QED) is 0.537. The Hall–Kier alpha value is -3.41. The van der Waals surface area contributed by atoms with Gasteiger partial charge in [0.2, 0.25) is 5.91 Å². The summed E-state index contributed by atoms with van der Waals surface area (Å²) >= 11 is 0. The van der Waals surface area contributed by atoms with E-state index in [0.717, 1.165) is 18.4 Å². The van der Waals surface area contributed by atoms with Crippen LogP contribution in [0, 0.1) is 0 Å². The van der Waals surface area contributed by atoms with E-state index in [1.54, 1.807) is 18.3 Å². The van der Waals surface area contributed by atoms with Gasteiger partial charge >= 0.3 is 0 Å². The van der Waals surface area contributed by atoms with Crippen LogP contribution >= 0.6 is 0 Å². The number of aryl methyl sites for hydroxylation is 1. The Kier molecular flexibility index (Phi) is 4.70. The molecule has 0 aliphatic heterocycles. The van der Waals surface area contributed by atoms with E-state index in [9.17, 15) is 9.59 Å². The van der Waals surface area contributed by atoms with Crippen LogP contribution in [0.5, 0.6) is 0 Å². The number of hydrogen-bond donors (Lipinski definition) is 1. The average molecular weight is 360 g/mol. The van der Waals surface area contributed by atoms with Crippen LogP contribution in [0.1, 0.15) is 6.42 Å². The maximum atomic E-state index is 12.4. The van der Waals surface area contributed by atoms with Crippen molar-refractivity contribution in [3.63, 3.8) is 0 Å². The predicted molar refractivity (Wildman–Crippen MR) is 106 cm³/mol. The molecule has 4 aromatic rings. The van der Waals surface area contributed by atoms with Crippen molar-refractivity contribution in [1.82, 2.24) is 19.7 Å². The van der Waals surface area contributed by atoms with Crippen molar-refractivity contribution in [1.29, 1.82) is 0 Å². The summed E-state index contributed by atoms with van der Waals surface area (Å²) in [6.07, 6.45) is 4.48. The Balaban J connectivity index is 1.32. The Morgan fingerprint density at radius 1 is 1.00 bits per heavy atom. The van der Waals surface area contributed by atoms with Crippen molar-refractivity contribution in [2.24, 2.45) is 0 Å². The number of fused-ring (bicyclic) bond motifs is 2. The molecule has 0 aliphatic carbocycles. The first-order valence-electron chi connectivity index (χ1n) is 8.98. The van der Waals surface area contributed by atoms with Crippen LogP contribution in [0.2, 0.25) is 0 Å². The van der Waals surface area contributed by atoms with E-state index >= 15 is 0 Å². The first-order chi connectivity index (χ1) is 13.2. The van der Waals surface area contributed by atoms with Crippen LogP contribution < -0.4 is 10.9 Å². The fraction of sp³-hybridized carbons (Fsp3) is 0.190. The molecule has 6 heteroatoms. The smallest absolute Gasteiger partial charge is 0.275 e. The summed E-state index contributed by atoms with van der Waals surface area (Å²) in [7, 11) is 0. The summed E-state index contributed by atoms with van der Waals surface area (Å²) in [6, 6.07) is 17.5. The highest BCUT2D eigenvalue weighted by Gasteiger charge is 2.08. The molecular formula is C21H20N4O2. The standard InChI is InChI=1S/C21H20N4O2/c26-20(15-25-21(27)18-8-3-1-7-17(18)14-23-25)22-11-5-12-24-13-10-16-6-2-4-9-19(16)24/h1-4,6-10,13-14H,5,11-12,15H2,(H,22,26). The molecule has 136 valence electrons. The summed E-state index contributed by atoms with van der Waals surface area (Å²) < 4.78 is 3.38. The normalized spacial score (nSPS) is 11.1. The summed E-state index contributed by atoms with van der Waals surface area (Å²) in [6.45, 7) is 1.30. The fourth-order valence-electron chi connectivity index (χ4n) is 3.25. The topological polar surface area (TPSA) is 68.9 Å². The fourth-order valence-corrected chi connectivity index (χ4v) is 3.25. The van der Waals surface area contributed by atoms with Crippen molar-refractivity contribution in [2.45, 2.75) is 19.5 Å². The molecule has 2 aromatic heterocycles. The van der Waals surface area contributed by atoms with Gasteiger partial charge < -0.3 is 9.88 Å². The van der Waals surface area contributed by atoms with E-state index in [0.29, 0.717) is 11.9 Å². The van der Waals surface area contributed by atoms with Crippen LogP contribution in [-0.4, -0.2) is 26.8 Å². The zero-order valence-electron chi connectivity index (χ0n) is 14.8. The first kappa shape index (κ1) is 17.0. The van der Waals surface area contributed by atoms with Crippen molar-refractivity contribution in [2.75, 3.05) is 6.54 Å². The van der Waals surface area contributed by atoms with Crippen molar-refractivity contribution < 1.29 is 4.79 Å². The number of amides is 1. The van der Waals surface area contributed by atoms with Crippen LogP contribution in [0.15, 0.2) is 71.8 Å². The molecule has 1 N–H and O–H groups in total. The van der Waals surface area contributed by atoms with Gasteiger partial charge in [0.25, 0.3) is 5.56 Å². The second-order valence-electron chi connectivity index (χ2n) is 6.47. The zero-order chi connectivity index (χ0) is 18.6. The molecule has 2 aromatic carbocycles. The first-order valence-corrected chi connectivity index (χ1v) is 8.98. The maximum absolute atomic E-state index is 12.4. The van der Waals surface area contributed by atoms with E-state index in [2.05, 4.69) is 39.4 Å². The number of hydrogen-bond acceptors (Lipinski definition) is 3. The van der Waals surface area contributed by atoms with Gasteiger partial charge in [0.1, 0.15) is 6.54 Å². The van der Waals surface area contributed by atoms with Crippen LogP contribution in [0.25, 0.3) is 21.7 Å². The molecule has 0 atom stereocenters. The van der Waals surface area contributed by atoms with Crippen LogP contribution in [0.4, 0.5) is 0 Å². The Bertz CT molecular complexity index is 1160. The third kappa shape index (κ3) is 3.60. The molecular weight excluding hydrogens is 340 g/mol. The molecule has 6 nitrogen and oxygen atoms in total. The highest BCUT2D eigenvalue weighted by atomic mass is 16.2.